The Morgan fingerprint density at radius 3 is 1.80 bits per heavy atom. The van der Waals surface area contributed by atoms with E-state index in [9.17, 15) is 5.11 Å². The smallest absolute Gasteiger partial charge is 1.00 e. The summed E-state index contributed by atoms with van der Waals surface area (Å²) in [6.45, 7) is 1.47. The van der Waals surface area contributed by atoms with Crippen molar-refractivity contribution < 1.29 is 56.5 Å². The van der Waals surface area contributed by atoms with Crippen molar-refractivity contribution in [3.8, 4) is 0 Å². The SMILES string of the molecule is CC([O-])=[Se].[K+]. The summed E-state index contributed by atoms with van der Waals surface area (Å²) in [5.41, 5.74) is 0. The molecule has 0 aliphatic heterocycles. The molecule has 0 heterocycles. The van der Waals surface area contributed by atoms with E-state index >= 15 is 0 Å². The number of rotatable bonds is 0. The molecular formula is C2H3KOSe. The van der Waals surface area contributed by atoms with Crippen LogP contribution in [-0.4, -0.2) is 20.2 Å². The molecule has 0 aliphatic rings. The van der Waals surface area contributed by atoms with Crippen molar-refractivity contribution in [2.45, 2.75) is 6.92 Å². The summed E-state index contributed by atoms with van der Waals surface area (Å²) in [6, 6.07) is 0. The zero-order chi connectivity index (χ0) is 3.58. The van der Waals surface area contributed by atoms with E-state index in [0.29, 0.717) is 0 Å². The third-order valence-electron chi connectivity index (χ3n) is 0. The molecule has 24 valence electrons. The van der Waals surface area contributed by atoms with E-state index in [-0.39, 0.29) is 56.0 Å². The van der Waals surface area contributed by atoms with E-state index in [1.54, 1.807) is 0 Å². The maximum Gasteiger partial charge on any atom is 1.00 e. The first-order valence-electron chi connectivity index (χ1n) is 0.908. The van der Waals surface area contributed by atoms with Crippen molar-refractivity contribution >= 4 is 20.2 Å². The molecule has 0 amide bonds. The van der Waals surface area contributed by atoms with Gasteiger partial charge in [0.25, 0.3) is 0 Å². The third kappa shape index (κ3) is 25.6. The summed E-state index contributed by atoms with van der Waals surface area (Å²) in [5.74, 6) is 0. The third-order valence-corrected chi connectivity index (χ3v) is 0. The monoisotopic (exact) mass is 162 g/mol. The molecule has 0 rings (SSSR count). The summed E-state index contributed by atoms with van der Waals surface area (Å²) >= 11 is 2.26. The van der Waals surface area contributed by atoms with Gasteiger partial charge in [0.05, 0.1) is 0 Å². The van der Waals surface area contributed by atoms with Crippen LogP contribution in [0.2, 0.25) is 0 Å². The summed E-state index contributed by atoms with van der Waals surface area (Å²) in [4.78, 5) is 0. The van der Waals surface area contributed by atoms with Crippen LogP contribution in [-0.2, 0) is 0 Å². The first-order valence-corrected chi connectivity index (χ1v) is 1.76. The van der Waals surface area contributed by atoms with Gasteiger partial charge in [0, 0.05) is 0 Å². The molecule has 0 atom stereocenters. The van der Waals surface area contributed by atoms with Gasteiger partial charge in [-0.25, -0.2) is 0 Å². The maximum atomic E-state index is 9.39. The Morgan fingerprint density at radius 1 is 1.80 bits per heavy atom. The molecule has 0 bridgehead atoms. The Kier molecular flexibility index (Phi) is 11.6. The van der Waals surface area contributed by atoms with E-state index in [1.165, 1.54) is 6.92 Å². The van der Waals surface area contributed by atoms with Crippen LogP contribution in [0.15, 0.2) is 0 Å². The standard InChI is InChI=1S/C2H4OSe.K/c1-2(3)4;/h1H3,(H,3,4);/q;+1/p-1. The molecule has 0 aromatic carbocycles. The van der Waals surface area contributed by atoms with Gasteiger partial charge in [0.15, 0.2) is 0 Å². The van der Waals surface area contributed by atoms with Gasteiger partial charge >= 0.3 is 83.6 Å². The molecule has 1 nitrogen and oxygen atoms in total. The Labute approximate surface area is 81.9 Å². The van der Waals surface area contributed by atoms with E-state index in [1.807, 2.05) is 0 Å². The topological polar surface area (TPSA) is 23.1 Å². The maximum absolute atomic E-state index is 9.39. The summed E-state index contributed by atoms with van der Waals surface area (Å²) in [5, 5.41) is 9.39. The van der Waals surface area contributed by atoms with Crippen LogP contribution in [0.5, 0.6) is 0 Å². The molecule has 0 aromatic rings. The summed E-state index contributed by atoms with van der Waals surface area (Å²) in [7, 11) is 0. The average molecular weight is 161 g/mol. The minimum absolute atomic E-state index is 0. The molecule has 3 heteroatoms. The average Bonchev–Trinajstić information content (AvgIpc) is 0.811. The van der Waals surface area contributed by atoms with Crippen molar-refractivity contribution in [3.63, 3.8) is 0 Å². The van der Waals surface area contributed by atoms with E-state index in [0.717, 1.165) is 0 Å². The second kappa shape index (κ2) is 5.83. The Balaban J connectivity index is 0. The van der Waals surface area contributed by atoms with Crippen LogP contribution < -0.4 is 56.5 Å². The molecule has 0 saturated carbocycles. The minimum Gasteiger partial charge on any atom is 1.00 e. The predicted molar refractivity (Wildman–Crippen MR) is 16.4 cm³/mol. The normalized spacial score (nSPS) is 5.00. The Morgan fingerprint density at radius 2 is 1.80 bits per heavy atom. The largest absolute Gasteiger partial charge is 1.00 e. The fourth-order valence-corrected chi connectivity index (χ4v) is 0. The molecule has 0 N–H and O–H groups in total. The first-order chi connectivity index (χ1) is 1.73. The first kappa shape index (κ1) is 9.95. The van der Waals surface area contributed by atoms with Gasteiger partial charge in [-0.05, 0) is 0 Å². The number of hydrogen-bond acceptors (Lipinski definition) is 1. The molecular weight excluding hydrogens is 158 g/mol. The van der Waals surface area contributed by atoms with Crippen LogP contribution in [0, 0.1) is 0 Å². The van der Waals surface area contributed by atoms with Gasteiger partial charge in [-0.3, -0.25) is 0 Å². The van der Waals surface area contributed by atoms with Crippen molar-refractivity contribution in [1.29, 1.82) is 0 Å². The predicted octanol–water partition coefficient (Wildman–Crippen LogP) is -4.33. The summed E-state index contributed by atoms with van der Waals surface area (Å²) in [6.07, 6.45) is 0. The van der Waals surface area contributed by atoms with Gasteiger partial charge in [0.1, 0.15) is 0 Å². The minimum atomic E-state index is 0. The molecule has 0 radical (unpaired) electrons. The molecule has 0 aliphatic carbocycles. The Bertz CT molecular complexity index is 32.6. The van der Waals surface area contributed by atoms with Crippen molar-refractivity contribution in [3.05, 3.63) is 0 Å². The van der Waals surface area contributed by atoms with Crippen LogP contribution in [0.3, 0.4) is 0 Å². The van der Waals surface area contributed by atoms with E-state index in [4.69, 9.17) is 0 Å². The second-order valence-corrected chi connectivity index (χ2v) is 1.70. The number of hydrogen-bond donors (Lipinski definition) is 0. The van der Waals surface area contributed by atoms with Crippen LogP contribution in [0.4, 0.5) is 0 Å². The van der Waals surface area contributed by atoms with Crippen molar-refractivity contribution in [2.75, 3.05) is 0 Å². The van der Waals surface area contributed by atoms with Crippen LogP contribution >= 0.6 is 0 Å². The second-order valence-electron chi connectivity index (χ2n) is 0.492. The fourth-order valence-electron chi connectivity index (χ4n) is 0. The van der Waals surface area contributed by atoms with Gasteiger partial charge in [-0.2, -0.15) is 0 Å². The molecule has 5 heavy (non-hydrogen) atoms. The zero-order valence-corrected chi connectivity index (χ0v) is 8.15. The van der Waals surface area contributed by atoms with E-state index in [2.05, 4.69) is 15.6 Å². The molecule has 0 aromatic heterocycles. The van der Waals surface area contributed by atoms with Crippen molar-refractivity contribution in [1.82, 2.24) is 0 Å². The van der Waals surface area contributed by atoms with Gasteiger partial charge < -0.3 is 0 Å². The zero-order valence-electron chi connectivity index (χ0n) is 3.32. The van der Waals surface area contributed by atoms with Gasteiger partial charge in [-0.15, -0.1) is 0 Å². The van der Waals surface area contributed by atoms with Crippen LogP contribution in [0.1, 0.15) is 6.92 Å². The summed E-state index contributed by atoms with van der Waals surface area (Å²) < 4.78 is 0.0417. The van der Waals surface area contributed by atoms with Crippen LogP contribution in [0.25, 0.3) is 0 Å². The molecule has 0 spiro atoms. The van der Waals surface area contributed by atoms with Crippen molar-refractivity contribution in [2.24, 2.45) is 0 Å². The molecule has 0 saturated heterocycles. The quantitative estimate of drug-likeness (QED) is 0.329. The fraction of sp³-hybridized carbons (Fsp3) is 0.500. The van der Waals surface area contributed by atoms with E-state index < -0.39 is 0 Å². The van der Waals surface area contributed by atoms with Gasteiger partial charge in [0.2, 0.25) is 0 Å². The van der Waals surface area contributed by atoms with Gasteiger partial charge in [-0.1, -0.05) is 0 Å². The Hall–Kier alpha value is 1.83. The molecule has 0 fully saturated rings. The molecule has 0 unspecified atom stereocenters.